The van der Waals surface area contributed by atoms with Crippen LogP contribution in [-0.4, -0.2) is 54.2 Å². The summed E-state index contributed by atoms with van der Waals surface area (Å²) in [6.45, 7) is 2.85. The summed E-state index contributed by atoms with van der Waals surface area (Å²) < 4.78 is 33.6. The van der Waals surface area contributed by atoms with Crippen LogP contribution < -0.4 is 9.62 Å². The highest BCUT2D eigenvalue weighted by Crippen LogP contribution is 2.12. The summed E-state index contributed by atoms with van der Waals surface area (Å²) in [7, 11) is -1.96. The summed E-state index contributed by atoms with van der Waals surface area (Å²) in [4.78, 5) is 14.4. The number of aromatic nitrogens is 4. The molecule has 0 spiro atoms. The van der Waals surface area contributed by atoms with Gasteiger partial charge in [-0.15, -0.1) is 0 Å². The highest BCUT2D eigenvalue weighted by atomic mass is 32.2. The highest BCUT2D eigenvalue weighted by Gasteiger charge is 2.18. The van der Waals surface area contributed by atoms with E-state index in [2.05, 4.69) is 24.6 Å². The summed E-state index contributed by atoms with van der Waals surface area (Å²) in [6.07, 6.45) is 4.50. The number of imidazole rings is 1. The highest BCUT2D eigenvalue weighted by molar-refractivity contribution is 7.89. The molecule has 3 rings (SSSR count). The number of anilines is 1. The maximum atomic E-state index is 12.1. The number of hydrogen-bond acceptors (Lipinski definition) is 7. The summed E-state index contributed by atoms with van der Waals surface area (Å²) in [6, 6.07) is 1.81. The Labute approximate surface area is 134 Å². The van der Waals surface area contributed by atoms with Gasteiger partial charge in [0, 0.05) is 32.5 Å². The van der Waals surface area contributed by atoms with E-state index in [4.69, 9.17) is 4.74 Å². The minimum absolute atomic E-state index is 0.0110. The van der Waals surface area contributed by atoms with Gasteiger partial charge in [0.15, 0.2) is 5.03 Å². The Balaban J connectivity index is 1.68. The zero-order valence-electron chi connectivity index (χ0n) is 12.7. The molecule has 3 heterocycles. The molecule has 1 N–H and O–H groups in total. The van der Waals surface area contributed by atoms with Crippen molar-refractivity contribution in [2.45, 2.75) is 11.6 Å². The lowest BCUT2D eigenvalue weighted by atomic mass is 10.4. The van der Waals surface area contributed by atoms with Crippen LogP contribution in [-0.2, 0) is 28.4 Å². The van der Waals surface area contributed by atoms with Crippen molar-refractivity contribution in [1.82, 2.24) is 24.2 Å². The molecule has 0 aliphatic carbocycles. The maximum absolute atomic E-state index is 12.1. The fraction of sp³-hybridized carbons (Fsp3) is 0.462. The fourth-order valence-electron chi connectivity index (χ4n) is 2.20. The molecule has 2 aromatic rings. The molecule has 1 aliphatic heterocycles. The van der Waals surface area contributed by atoms with Crippen molar-refractivity contribution in [2.24, 2.45) is 7.05 Å². The molecular weight excluding hydrogens is 320 g/mol. The van der Waals surface area contributed by atoms with Crippen LogP contribution in [0.1, 0.15) is 5.82 Å². The molecule has 0 aromatic carbocycles. The van der Waals surface area contributed by atoms with Crippen molar-refractivity contribution < 1.29 is 13.2 Å². The van der Waals surface area contributed by atoms with Crippen LogP contribution in [0.2, 0.25) is 0 Å². The first-order chi connectivity index (χ1) is 11.0. The van der Waals surface area contributed by atoms with E-state index >= 15 is 0 Å². The van der Waals surface area contributed by atoms with Crippen molar-refractivity contribution >= 4 is 15.8 Å². The molecule has 9 nitrogen and oxygen atoms in total. The van der Waals surface area contributed by atoms with Crippen molar-refractivity contribution in [3.05, 3.63) is 30.6 Å². The zero-order valence-corrected chi connectivity index (χ0v) is 13.5. The van der Waals surface area contributed by atoms with Gasteiger partial charge in [0.1, 0.15) is 11.6 Å². The standard InChI is InChI=1S/C13H18N6O3S/c1-18-9-13(15-10-18)23(20,21)16-8-11-14-3-2-12(17-11)19-4-6-22-7-5-19/h2-3,9-10,16H,4-8H2,1H3. The molecule has 1 fully saturated rings. The molecule has 0 atom stereocenters. The van der Waals surface area contributed by atoms with Gasteiger partial charge in [-0.05, 0) is 6.07 Å². The second kappa shape index (κ2) is 6.60. The summed E-state index contributed by atoms with van der Waals surface area (Å²) >= 11 is 0. The van der Waals surface area contributed by atoms with Gasteiger partial charge in [0.2, 0.25) is 0 Å². The first-order valence-electron chi connectivity index (χ1n) is 7.17. The largest absolute Gasteiger partial charge is 0.378 e. The molecule has 23 heavy (non-hydrogen) atoms. The third-order valence-corrected chi connectivity index (χ3v) is 4.69. The van der Waals surface area contributed by atoms with Gasteiger partial charge in [0.05, 0.1) is 26.1 Å². The van der Waals surface area contributed by atoms with Crippen molar-refractivity contribution in [3.63, 3.8) is 0 Å². The van der Waals surface area contributed by atoms with E-state index in [1.54, 1.807) is 17.8 Å². The number of aryl methyl sites for hydroxylation is 1. The smallest absolute Gasteiger partial charge is 0.259 e. The van der Waals surface area contributed by atoms with E-state index in [0.29, 0.717) is 19.0 Å². The Hall–Kier alpha value is -2.04. The van der Waals surface area contributed by atoms with Gasteiger partial charge in [-0.3, -0.25) is 0 Å². The molecule has 1 aliphatic rings. The van der Waals surface area contributed by atoms with E-state index in [-0.39, 0.29) is 11.6 Å². The van der Waals surface area contributed by atoms with E-state index in [0.717, 1.165) is 18.9 Å². The molecule has 0 amide bonds. The second-order valence-electron chi connectivity index (χ2n) is 5.13. The van der Waals surface area contributed by atoms with Gasteiger partial charge >= 0.3 is 0 Å². The van der Waals surface area contributed by atoms with Gasteiger partial charge in [-0.2, -0.15) is 0 Å². The Morgan fingerprint density at radius 2 is 2.09 bits per heavy atom. The topological polar surface area (TPSA) is 102 Å². The fourth-order valence-corrected chi connectivity index (χ4v) is 3.16. The normalized spacial score (nSPS) is 15.8. The number of nitrogens with one attached hydrogen (secondary N) is 1. The number of morpholine rings is 1. The Morgan fingerprint density at radius 1 is 1.30 bits per heavy atom. The lowest BCUT2D eigenvalue weighted by molar-refractivity contribution is 0.122. The Kier molecular flexibility index (Phi) is 4.55. The average Bonchev–Trinajstić information content (AvgIpc) is 3.02. The summed E-state index contributed by atoms with van der Waals surface area (Å²) in [5.74, 6) is 1.18. The lowest BCUT2D eigenvalue weighted by Crippen LogP contribution is -2.37. The molecule has 2 aromatic heterocycles. The molecule has 124 valence electrons. The van der Waals surface area contributed by atoms with Gasteiger partial charge in [-0.25, -0.2) is 28.1 Å². The third kappa shape index (κ3) is 3.84. The minimum Gasteiger partial charge on any atom is -0.378 e. The number of hydrogen-bond donors (Lipinski definition) is 1. The molecule has 0 radical (unpaired) electrons. The number of sulfonamides is 1. The van der Waals surface area contributed by atoms with Crippen LogP contribution in [0.4, 0.5) is 5.82 Å². The SMILES string of the molecule is Cn1cnc(S(=O)(=O)NCc2nccc(N3CCOCC3)n2)c1. The van der Waals surface area contributed by atoms with Gasteiger partial charge in [0.25, 0.3) is 10.0 Å². The third-order valence-electron chi connectivity index (χ3n) is 3.40. The molecule has 1 saturated heterocycles. The van der Waals surface area contributed by atoms with Crippen molar-refractivity contribution in [3.8, 4) is 0 Å². The van der Waals surface area contributed by atoms with E-state index in [1.807, 2.05) is 6.07 Å². The number of ether oxygens (including phenoxy) is 1. The van der Waals surface area contributed by atoms with E-state index in [1.165, 1.54) is 12.5 Å². The summed E-state index contributed by atoms with van der Waals surface area (Å²) in [5.41, 5.74) is 0. The first-order valence-corrected chi connectivity index (χ1v) is 8.65. The van der Waals surface area contributed by atoms with E-state index in [9.17, 15) is 8.42 Å². The molecule has 0 bridgehead atoms. The van der Waals surface area contributed by atoms with Crippen LogP contribution in [0, 0.1) is 0 Å². The van der Waals surface area contributed by atoms with Crippen LogP contribution in [0.25, 0.3) is 0 Å². The monoisotopic (exact) mass is 338 g/mol. The van der Waals surface area contributed by atoms with Crippen LogP contribution >= 0.6 is 0 Å². The van der Waals surface area contributed by atoms with Crippen LogP contribution in [0.15, 0.2) is 29.8 Å². The molecule has 0 saturated carbocycles. The molecular formula is C13H18N6O3S. The first kappa shape index (κ1) is 15.8. The molecule has 10 heteroatoms. The van der Waals surface area contributed by atoms with Crippen molar-refractivity contribution in [1.29, 1.82) is 0 Å². The predicted octanol–water partition coefficient (Wildman–Crippen LogP) is -0.475. The lowest BCUT2D eigenvalue weighted by Gasteiger charge is -2.27. The Bertz CT molecular complexity index is 770. The van der Waals surface area contributed by atoms with Crippen LogP contribution in [0.3, 0.4) is 0 Å². The minimum atomic E-state index is -3.67. The quantitative estimate of drug-likeness (QED) is 0.786. The Morgan fingerprint density at radius 3 is 2.78 bits per heavy atom. The predicted molar refractivity (Wildman–Crippen MR) is 82.3 cm³/mol. The van der Waals surface area contributed by atoms with Crippen molar-refractivity contribution in [2.75, 3.05) is 31.2 Å². The summed E-state index contributed by atoms with van der Waals surface area (Å²) in [5, 5.41) is -0.0238. The van der Waals surface area contributed by atoms with Gasteiger partial charge in [-0.1, -0.05) is 0 Å². The van der Waals surface area contributed by atoms with Gasteiger partial charge < -0.3 is 14.2 Å². The number of nitrogens with zero attached hydrogens (tertiary/aromatic N) is 5. The van der Waals surface area contributed by atoms with Crippen LogP contribution in [0.5, 0.6) is 0 Å². The second-order valence-corrected chi connectivity index (χ2v) is 6.85. The number of rotatable bonds is 5. The maximum Gasteiger partial charge on any atom is 0.259 e. The van der Waals surface area contributed by atoms with E-state index < -0.39 is 10.0 Å². The zero-order chi connectivity index (χ0) is 16.3. The molecule has 0 unspecified atom stereocenters. The average molecular weight is 338 g/mol.